The number of morpholine rings is 1. The number of halogens is 3. The molecule has 0 radical (unpaired) electrons. The SMILES string of the molecule is CCC(Nc1ccc(C(F)(F)F)nn1)C1CN(Cc2ccccc2)CCO1. The third-order valence-corrected chi connectivity index (χ3v) is 4.60. The van der Waals surface area contributed by atoms with Crippen molar-refractivity contribution in [1.82, 2.24) is 15.1 Å². The lowest BCUT2D eigenvalue weighted by Gasteiger charge is -2.37. The first-order valence-electron chi connectivity index (χ1n) is 9.01. The van der Waals surface area contributed by atoms with Gasteiger partial charge in [0.05, 0.1) is 18.8 Å². The first kappa shape index (κ1) is 19.6. The quantitative estimate of drug-likeness (QED) is 0.830. The molecular weight excluding hydrogens is 357 g/mol. The zero-order valence-electron chi connectivity index (χ0n) is 15.1. The van der Waals surface area contributed by atoms with Gasteiger partial charge in [0.1, 0.15) is 5.82 Å². The fraction of sp³-hybridized carbons (Fsp3) is 0.474. The van der Waals surface area contributed by atoms with E-state index in [4.69, 9.17) is 4.74 Å². The number of anilines is 1. The first-order chi connectivity index (χ1) is 13.0. The van der Waals surface area contributed by atoms with Gasteiger partial charge in [-0.25, -0.2) is 0 Å². The Balaban J connectivity index is 1.61. The molecule has 1 aliphatic rings. The molecule has 0 saturated carbocycles. The fourth-order valence-electron chi connectivity index (χ4n) is 3.17. The summed E-state index contributed by atoms with van der Waals surface area (Å²) in [5.74, 6) is 0.318. The van der Waals surface area contributed by atoms with Crippen molar-refractivity contribution in [2.24, 2.45) is 0 Å². The second-order valence-corrected chi connectivity index (χ2v) is 6.59. The summed E-state index contributed by atoms with van der Waals surface area (Å²) in [6, 6.07) is 12.4. The van der Waals surface area contributed by atoms with Crippen molar-refractivity contribution >= 4 is 5.82 Å². The molecule has 8 heteroatoms. The van der Waals surface area contributed by atoms with Crippen molar-refractivity contribution in [2.75, 3.05) is 25.0 Å². The molecular formula is C19H23F3N4O. The maximum atomic E-state index is 12.6. The summed E-state index contributed by atoms with van der Waals surface area (Å²) in [5, 5.41) is 10.1. The molecule has 1 aromatic heterocycles. The highest BCUT2D eigenvalue weighted by molar-refractivity contribution is 5.35. The Hall–Kier alpha value is -2.19. The number of alkyl halides is 3. The number of ether oxygens (including phenoxy) is 1. The molecule has 27 heavy (non-hydrogen) atoms. The minimum absolute atomic E-state index is 0.0605. The minimum atomic E-state index is -4.49. The third kappa shape index (κ3) is 5.40. The summed E-state index contributed by atoms with van der Waals surface area (Å²) in [6.45, 7) is 5.07. The van der Waals surface area contributed by atoms with Gasteiger partial charge >= 0.3 is 6.18 Å². The third-order valence-electron chi connectivity index (χ3n) is 4.60. The molecule has 5 nitrogen and oxygen atoms in total. The molecule has 1 N–H and O–H groups in total. The van der Waals surface area contributed by atoms with E-state index in [0.29, 0.717) is 12.4 Å². The molecule has 0 bridgehead atoms. The van der Waals surface area contributed by atoms with Gasteiger partial charge in [-0.15, -0.1) is 10.2 Å². The predicted octanol–water partition coefficient (Wildman–Crippen LogP) is 3.59. The standard InChI is InChI=1S/C19H23F3N4O/c1-2-15(23-18-9-8-17(24-25-18)19(20,21)22)16-13-26(10-11-27-16)12-14-6-4-3-5-7-14/h3-9,15-16H,2,10-13H2,1H3,(H,23,25). The van der Waals surface area contributed by atoms with E-state index >= 15 is 0 Å². The monoisotopic (exact) mass is 380 g/mol. The Morgan fingerprint density at radius 3 is 2.59 bits per heavy atom. The lowest BCUT2D eigenvalue weighted by Crippen LogP contribution is -2.49. The lowest BCUT2D eigenvalue weighted by molar-refractivity contribution is -0.141. The molecule has 3 rings (SSSR count). The van der Waals surface area contributed by atoms with Gasteiger partial charge in [0.25, 0.3) is 0 Å². The summed E-state index contributed by atoms with van der Waals surface area (Å²) < 4.78 is 43.8. The number of benzene rings is 1. The van der Waals surface area contributed by atoms with Gasteiger partial charge in [-0.05, 0) is 24.1 Å². The summed E-state index contributed by atoms with van der Waals surface area (Å²) >= 11 is 0. The number of hydrogen-bond acceptors (Lipinski definition) is 5. The molecule has 0 aliphatic carbocycles. The van der Waals surface area contributed by atoms with Crippen LogP contribution in [0.25, 0.3) is 0 Å². The Bertz CT molecular complexity index is 709. The summed E-state index contributed by atoms with van der Waals surface area (Å²) in [7, 11) is 0. The van der Waals surface area contributed by atoms with Gasteiger partial charge in [-0.3, -0.25) is 4.90 Å². The Morgan fingerprint density at radius 2 is 1.96 bits per heavy atom. The molecule has 0 spiro atoms. The molecule has 1 aliphatic heterocycles. The zero-order valence-corrected chi connectivity index (χ0v) is 15.1. The maximum Gasteiger partial charge on any atom is 0.435 e. The number of aromatic nitrogens is 2. The average molecular weight is 380 g/mol. The zero-order chi connectivity index (χ0) is 19.3. The van der Waals surface area contributed by atoms with Crippen LogP contribution in [0.1, 0.15) is 24.6 Å². The number of rotatable bonds is 6. The Labute approximate surface area is 156 Å². The van der Waals surface area contributed by atoms with Crippen LogP contribution in [0.3, 0.4) is 0 Å². The Kier molecular flexibility index (Phi) is 6.28. The van der Waals surface area contributed by atoms with Gasteiger partial charge in [0.15, 0.2) is 5.69 Å². The normalized spacial score (nSPS) is 19.6. The number of nitrogens with zero attached hydrogens (tertiary/aromatic N) is 3. The summed E-state index contributed by atoms with van der Waals surface area (Å²) in [4.78, 5) is 2.33. The first-order valence-corrected chi connectivity index (χ1v) is 9.01. The van der Waals surface area contributed by atoms with Gasteiger partial charge in [0.2, 0.25) is 0 Å². The second kappa shape index (κ2) is 8.67. The van der Waals surface area contributed by atoms with Gasteiger partial charge in [-0.1, -0.05) is 37.3 Å². The van der Waals surface area contributed by atoms with Crippen molar-refractivity contribution in [3.05, 3.63) is 53.7 Å². The van der Waals surface area contributed by atoms with Crippen LogP contribution in [0.2, 0.25) is 0 Å². The van der Waals surface area contributed by atoms with E-state index < -0.39 is 11.9 Å². The van der Waals surface area contributed by atoms with Crippen LogP contribution in [-0.2, 0) is 17.5 Å². The van der Waals surface area contributed by atoms with Gasteiger partial charge in [-0.2, -0.15) is 13.2 Å². The van der Waals surface area contributed by atoms with Crippen molar-refractivity contribution in [2.45, 2.75) is 38.2 Å². The predicted molar refractivity (Wildman–Crippen MR) is 96.2 cm³/mol. The maximum absolute atomic E-state index is 12.6. The van der Waals surface area contributed by atoms with Gasteiger partial charge < -0.3 is 10.1 Å². The molecule has 2 heterocycles. The van der Waals surface area contributed by atoms with Crippen molar-refractivity contribution < 1.29 is 17.9 Å². The highest BCUT2D eigenvalue weighted by atomic mass is 19.4. The fourth-order valence-corrected chi connectivity index (χ4v) is 3.17. The van der Waals surface area contributed by atoms with Crippen LogP contribution in [-0.4, -0.2) is 46.9 Å². The van der Waals surface area contributed by atoms with E-state index in [1.807, 2.05) is 25.1 Å². The topological polar surface area (TPSA) is 50.3 Å². The van der Waals surface area contributed by atoms with E-state index in [0.717, 1.165) is 32.1 Å². The van der Waals surface area contributed by atoms with Crippen LogP contribution in [0.15, 0.2) is 42.5 Å². The van der Waals surface area contributed by atoms with E-state index in [1.165, 1.54) is 11.6 Å². The number of nitrogens with one attached hydrogen (secondary N) is 1. The summed E-state index contributed by atoms with van der Waals surface area (Å²) in [5.41, 5.74) is 0.247. The van der Waals surface area contributed by atoms with E-state index in [2.05, 4.69) is 32.5 Å². The molecule has 1 fully saturated rings. The molecule has 2 unspecified atom stereocenters. The lowest BCUT2D eigenvalue weighted by atomic mass is 10.1. The van der Waals surface area contributed by atoms with Crippen LogP contribution >= 0.6 is 0 Å². The van der Waals surface area contributed by atoms with E-state index in [-0.39, 0.29) is 12.1 Å². The van der Waals surface area contributed by atoms with Gasteiger partial charge in [0, 0.05) is 19.6 Å². The van der Waals surface area contributed by atoms with Crippen molar-refractivity contribution in [3.8, 4) is 0 Å². The molecule has 0 amide bonds. The van der Waals surface area contributed by atoms with Crippen molar-refractivity contribution in [3.63, 3.8) is 0 Å². The number of hydrogen-bond donors (Lipinski definition) is 1. The molecule has 2 atom stereocenters. The minimum Gasteiger partial charge on any atom is -0.373 e. The van der Waals surface area contributed by atoms with E-state index in [1.54, 1.807) is 0 Å². The van der Waals surface area contributed by atoms with Crippen LogP contribution in [0.5, 0.6) is 0 Å². The molecule has 146 valence electrons. The molecule has 2 aromatic rings. The summed E-state index contributed by atoms with van der Waals surface area (Å²) in [6.07, 6.45) is -3.80. The highest BCUT2D eigenvalue weighted by Crippen LogP contribution is 2.27. The second-order valence-electron chi connectivity index (χ2n) is 6.59. The average Bonchev–Trinajstić information content (AvgIpc) is 2.67. The van der Waals surface area contributed by atoms with E-state index in [9.17, 15) is 13.2 Å². The largest absolute Gasteiger partial charge is 0.435 e. The molecule has 1 aromatic carbocycles. The Morgan fingerprint density at radius 1 is 1.19 bits per heavy atom. The highest BCUT2D eigenvalue weighted by Gasteiger charge is 2.33. The van der Waals surface area contributed by atoms with Crippen LogP contribution in [0, 0.1) is 0 Å². The van der Waals surface area contributed by atoms with Crippen LogP contribution < -0.4 is 5.32 Å². The smallest absolute Gasteiger partial charge is 0.373 e. The van der Waals surface area contributed by atoms with Crippen LogP contribution in [0.4, 0.5) is 19.0 Å². The molecule has 1 saturated heterocycles. The van der Waals surface area contributed by atoms with Crippen molar-refractivity contribution in [1.29, 1.82) is 0 Å².